The molecule has 0 rings (SSSR count). The molecule has 0 aliphatic heterocycles. The Hall–Kier alpha value is -2.89. The summed E-state index contributed by atoms with van der Waals surface area (Å²) in [6.45, 7) is 6.58. The van der Waals surface area contributed by atoms with Crippen LogP contribution in [0.5, 0.6) is 0 Å². The summed E-state index contributed by atoms with van der Waals surface area (Å²) in [5, 5.41) is 0. The van der Waals surface area contributed by atoms with E-state index in [1.807, 2.05) is 0 Å². The molecule has 0 unspecified atom stereocenters. The lowest BCUT2D eigenvalue weighted by molar-refractivity contribution is -0.167. The smallest absolute Gasteiger partial charge is 0.306 e. The quantitative estimate of drug-likeness (QED) is 0.0262. The van der Waals surface area contributed by atoms with E-state index in [4.69, 9.17) is 14.2 Å². The van der Waals surface area contributed by atoms with Gasteiger partial charge in [-0.2, -0.15) is 0 Å². The zero-order chi connectivity index (χ0) is 47.2. The Labute approximate surface area is 402 Å². The molecule has 0 fully saturated rings. The predicted octanol–water partition coefficient (Wildman–Crippen LogP) is 18.4. The van der Waals surface area contributed by atoms with E-state index in [0.29, 0.717) is 19.3 Å². The molecule has 0 radical (unpaired) electrons. The van der Waals surface area contributed by atoms with E-state index >= 15 is 0 Å². The number of hydrogen-bond acceptors (Lipinski definition) is 6. The van der Waals surface area contributed by atoms with Gasteiger partial charge in [-0.15, -0.1) is 0 Å². The molecule has 0 aromatic heterocycles. The first-order valence-electron chi connectivity index (χ1n) is 27.8. The predicted molar refractivity (Wildman–Crippen MR) is 279 cm³/mol. The number of unbranched alkanes of at least 4 members (excludes halogenated alkanes) is 29. The fourth-order valence-corrected chi connectivity index (χ4v) is 7.77. The molecule has 0 aromatic carbocycles. The van der Waals surface area contributed by atoms with Crippen LogP contribution in [0.15, 0.2) is 60.8 Å². The van der Waals surface area contributed by atoms with Crippen LogP contribution in [0.25, 0.3) is 0 Å². The Bertz CT molecular complexity index is 1180. The van der Waals surface area contributed by atoms with E-state index in [-0.39, 0.29) is 31.1 Å². The minimum atomic E-state index is -0.787. The van der Waals surface area contributed by atoms with Crippen LogP contribution in [-0.4, -0.2) is 37.2 Å². The summed E-state index contributed by atoms with van der Waals surface area (Å²) in [5.74, 6) is -0.912. The third kappa shape index (κ3) is 51.9. The standard InChI is InChI=1S/C59H104O6/c1-4-7-10-13-16-19-22-25-27-28-29-30-32-34-37-40-43-46-49-52-58(61)64-55-56(54-63-57(60)51-48-45-42-39-36-33-24-21-18-15-12-9-6-3)65-59(62)53-50-47-44-41-38-35-31-26-23-20-17-14-11-8-5-2/h16,19-20,23,25,27,29-30,34,37,56H,4-15,17-18,21-22,24,26,28,31-33,35-36,38-55H2,1-3H3/b19-16-,23-20-,27-25-,30-29-,37-34-/t56-/m0/s1. The fraction of sp³-hybridized carbons (Fsp3) is 0.780. The molecular formula is C59H104O6. The first-order valence-corrected chi connectivity index (χ1v) is 27.8. The van der Waals surface area contributed by atoms with Crippen molar-refractivity contribution in [2.24, 2.45) is 0 Å². The van der Waals surface area contributed by atoms with E-state index in [9.17, 15) is 14.4 Å². The molecule has 0 bridgehead atoms. The number of esters is 3. The van der Waals surface area contributed by atoms with E-state index in [2.05, 4.69) is 81.5 Å². The monoisotopic (exact) mass is 909 g/mol. The van der Waals surface area contributed by atoms with Gasteiger partial charge in [0, 0.05) is 19.3 Å². The molecule has 0 heterocycles. The summed E-state index contributed by atoms with van der Waals surface area (Å²) in [6, 6.07) is 0. The SMILES string of the molecule is CCCCC/C=C\C/C=C\C/C=C\C/C=C\CCCCCC(=O)OC[C@H](COC(=O)CCCCCCCCCCCCCCC)OC(=O)CCCCCCCCC/C=C\CCCCCC. The molecule has 0 spiro atoms. The van der Waals surface area contributed by atoms with Gasteiger partial charge in [0.25, 0.3) is 0 Å². The second-order valence-electron chi connectivity index (χ2n) is 18.5. The van der Waals surface area contributed by atoms with Crippen molar-refractivity contribution in [2.45, 2.75) is 284 Å². The van der Waals surface area contributed by atoms with Crippen LogP contribution in [0.3, 0.4) is 0 Å². The highest BCUT2D eigenvalue weighted by molar-refractivity contribution is 5.71. The second kappa shape index (κ2) is 53.7. The first kappa shape index (κ1) is 62.1. The summed E-state index contributed by atoms with van der Waals surface area (Å²) in [4.78, 5) is 38.1. The van der Waals surface area contributed by atoms with Gasteiger partial charge in [0.15, 0.2) is 6.10 Å². The van der Waals surface area contributed by atoms with Gasteiger partial charge in [-0.05, 0) is 89.9 Å². The number of ether oxygens (including phenoxy) is 3. The van der Waals surface area contributed by atoms with Crippen molar-refractivity contribution in [3.05, 3.63) is 60.8 Å². The molecule has 65 heavy (non-hydrogen) atoms. The number of rotatable bonds is 50. The topological polar surface area (TPSA) is 78.9 Å². The van der Waals surface area contributed by atoms with Gasteiger partial charge in [-0.1, -0.05) is 229 Å². The molecule has 0 N–H and O–H groups in total. The summed E-state index contributed by atoms with van der Waals surface area (Å²) < 4.78 is 16.8. The highest BCUT2D eigenvalue weighted by atomic mass is 16.6. The van der Waals surface area contributed by atoms with Crippen LogP contribution in [-0.2, 0) is 28.6 Å². The third-order valence-electron chi connectivity index (χ3n) is 12.0. The van der Waals surface area contributed by atoms with Gasteiger partial charge in [0.1, 0.15) is 13.2 Å². The molecule has 0 saturated heterocycles. The third-order valence-corrected chi connectivity index (χ3v) is 12.0. The summed E-state index contributed by atoms with van der Waals surface area (Å²) in [6.07, 6.45) is 66.3. The van der Waals surface area contributed by atoms with Crippen molar-refractivity contribution >= 4 is 17.9 Å². The largest absolute Gasteiger partial charge is 0.462 e. The summed E-state index contributed by atoms with van der Waals surface area (Å²) in [7, 11) is 0. The molecule has 0 aliphatic rings. The van der Waals surface area contributed by atoms with Crippen molar-refractivity contribution in [1.29, 1.82) is 0 Å². The number of hydrogen-bond donors (Lipinski definition) is 0. The lowest BCUT2D eigenvalue weighted by Crippen LogP contribution is -2.30. The Morgan fingerprint density at radius 1 is 0.308 bits per heavy atom. The Balaban J connectivity index is 4.42. The zero-order valence-electron chi connectivity index (χ0n) is 43.0. The van der Waals surface area contributed by atoms with Gasteiger partial charge in [-0.25, -0.2) is 0 Å². The van der Waals surface area contributed by atoms with Crippen molar-refractivity contribution in [3.63, 3.8) is 0 Å². The molecule has 1 atom stereocenters. The van der Waals surface area contributed by atoms with Crippen LogP contribution in [0.2, 0.25) is 0 Å². The molecule has 0 amide bonds. The Morgan fingerprint density at radius 2 is 0.554 bits per heavy atom. The van der Waals surface area contributed by atoms with Crippen molar-refractivity contribution in [1.82, 2.24) is 0 Å². The molecule has 0 saturated carbocycles. The summed E-state index contributed by atoms with van der Waals surface area (Å²) >= 11 is 0. The molecule has 0 aliphatic carbocycles. The second-order valence-corrected chi connectivity index (χ2v) is 18.5. The van der Waals surface area contributed by atoms with Gasteiger partial charge < -0.3 is 14.2 Å². The molecule has 6 nitrogen and oxygen atoms in total. The van der Waals surface area contributed by atoms with Gasteiger partial charge in [0.05, 0.1) is 0 Å². The van der Waals surface area contributed by atoms with Crippen LogP contribution < -0.4 is 0 Å². The highest BCUT2D eigenvalue weighted by Crippen LogP contribution is 2.15. The average Bonchev–Trinajstić information content (AvgIpc) is 3.30. The zero-order valence-corrected chi connectivity index (χ0v) is 43.0. The molecule has 376 valence electrons. The lowest BCUT2D eigenvalue weighted by atomic mass is 10.0. The van der Waals surface area contributed by atoms with Gasteiger partial charge in [0.2, 0.25) is 0 Å². The number of carbonyl (C=O) groups is 3. The van der Waals surface area contributed by atoms with Crippen LogP contribution in [0, 0.1) is 0 Å². The summed E-state index contributed by atoms with van der Waals surface area (Å²) in [5.41, 5.74) is 0. The number of carbonyl (C=O) groups excluding carboxylic acids is 3. The van der Waals surface area contributed by atoms with E-state index in [1.54, 1.807) is 0 Å². The minimum absolute atomic E-state index is 0.0839. The van der Waals surface area contributed by atoms with Gasteiger partial charge >= 0.3 is 17.9 Å². The lowest BCUT2D eigenvalue weighted by Gasteiger charge is -2.18. The highest BCUT2D eigenvalue weighted by Gasteiger charge is 2.19. The Morgan fingerprint density at radius 3 is 0.938 bits per heavy atom. The first-order chi connectivity index (χ1) is 32.0. The van der Waals surface area contributed by atoms with Gasteiger partial charge in [-0.3, -0.25) is 14.4 Å². The van der Waals surface area contributed by atoms with Crippen LogP contribution in [0.1, 0.15) is 278 Å². The maximum absolute atomic E-state index is 12.8. The van der Waals surface area contributed by atoms with E-state index < -0.39 is 6.10 Å². The van der Waals surface area contributed by atoms with E-state index in [0.717, 1.165) is 83.5 Å². The normalized spacial score (nSPS) is 12.5. The average molecular weight is 909 g/mol. The minimum Gasteiger partial charge on any atom is -0.462 e. The molecule has 0 aromatic rings. The molecule has 6 heteroatoms. The molecular weight excluding hydrogens is 805 g/mol. The Kier molecular flexibility index (Phi) is 51.3. The van der Waals surface area contributed by atoms with Crippen LogP contribution in [0.4, 0.5) is 0 Å². The van der Waals surface area contributed by atoms with Crippen molar-refractivity contribution in [3.8, 4) is 0 Å². The van der Waals surface area contributed by atoms with Crippen LogP contribution >= 0.6 is 0 Å². The van der Waals surface area contributed by atoms with Crippen molar-refractivity contribution in [2.75, 3.05) is 13.2 Å². The van der Waals surface area contributed by atoms with Crippen molar-refractivity contribution < 1.29 is 28.6 Å². The maximum Gasteiger partial charge on any atom is 0.306 e. The fourth-order valence-electron chi connectivity index (χ4n) is 7.77. The number of allylic oxidation sites excluding steroid dienone is 10. The maximum atomic E-state index is 12.8. The van der Waals surface area contributed by atoms with E-state index in [1.165, 1.54) is 154 Å².